The molecule has 8 atom stereocenters. The first-order chi connectivity index (χ1) is 17.8. The second-order valence-corrected chi connectivity index (χ2v) is 15.3. The van der Waals surface area contributed by atoms with Gasteiger partial charge in [-0.15, -0.1) is 0 Å². The Morgan fingerprint density at radius 1 is 0.892 bits per heavy atom. The Labute approximate surface area is 235 Å². The van der Waals surface area contributed by atoms with Crippen LogP contribution in [-0.2, 0) is 4.74 Å². The van der Waals surface area contributed by atoms with E-state index in [9.17, 15) is 4.79 Å². The highest BCUT2D eigenvalue weighted by atomic mass is 79.9. The summed E-state index contributed by atoms with van der Waals surface area (Å²) in [6, 6.07) is 9.51. The van der Waals surface area contributed by atoms with Crippen molar-refractivity contribution in [2.75, 3.05) is 0 Å². The Balaban J connectivity index is 1.21. The summed E-state index contributed by atoms with van der Waals surface area (Å²) >= 11 is 4.34. The molecule has 4 aliphatic rings. The van der Waals surface area contributed by atoms with Crippen molar-refractivity contribution in [3.63, 3.8) is 0 Å². The van der Waals surface area contributed by atoms with E-state index in [1.165, 1.54) is 89.9 Å². The Morgan fingerprint density at radius 3 is 2.43 bits per heavy atom. The molecule has 1 aromatic rings. The number of hydrogen-bond donors (Lipinski definition) is 0. The average Bonchev–Trinajstić information content (AvgIpc) is 3.23. The van der Waals surface area contributed by atoms with Crippen LogP contribution in [0.3, 0.4) is 0 Å². The minimum atomic E-state index is -0.158. The maximum atomic E-state index is 12.8. The average molecular weight is 572 g/mol. The van der Waals surface area contributed by atoms with Gasteiger partial charge in [0.05, 0.1) is 5.56 Å². The van der Waals surface area contributed by atoms with Gasteiger partial charge in [0.1, 0.15) is 6.10 Å². The highest BCUT2D eigenvalue weighted by molar-refractivity contribution is 9.10. The SMILES string of the molecule is CCCCCCCCC1CCC2C3CCC4(Br)CC(OC(=O)c5ccccc5)CCC4(C)C3CCC12C. The third-order valence-corrected chi connectivity index (χ3v) is 13.7. The topological polar surface area (TPSA) is 26.3 Å². The molecule has 206 valence electrons. The number of carbonyl (C=O) groups is 1. The lowest BCUT2D eigenvalue weighted by molar-refractivity contribution is -0.113. The van der Waals surface area contributed by atoms with Crippen LogP contribution in [0.4, 0.5) is 0 Å². The van der Waals surface area contributed by atoms with Crippen LogP contribution in [0, 0.1) is 34.5 Å². The predicted molar refractivity (Wildman–Crippen MR) is 157 cm³/mol. The normalized spacial score (nSPS) is 40.9. The molecule has 0 aliphatic heterocycles. The van der Waals surface area contributed by atoms with Crippen molar-refractivity contribution in [2.45, 2.75) is 134 Å². The summed E-state index contributed by atoms with van der Waals surface area (Å²) in [5.74, 6) is 3.44. The van der Waals surface area contributed by atoms with E-state index in [1.54, 1.807) is 0 Å². The van der Waals surface area contributed by atoms with Gasteiger partial charge < -0.3 is 4.74 Å². The predicted octanol–water partition coefficient (Wildman–Crippen LogP) is 10.1. The number of hydrogen-bond acceptors (Lipinski definition) is 2. The van der Waals surface area contributed by atoms with Crippen LogP contribution >= 0.6 is 15.9 Å². The van der Waals surface area contributed by atoms with Crippen LogP contribution in [0.2, 0.25) is 0 Å². The van der Waals surface area contributed by atoms with Gasteiger partial charge in [-0.25, -0.2) is 4.79 Å². The standard InChI is InChI=1S/C34H51BrO2/c1-4-5-6-7-8-12-15-26-16-17-29-28-19-23-34(35)24-27(37-31(36)25-13-10-9-11-14-25)18-22-33(34,3)30(28)20-21-32(26,29)2/h9-11,13-14,26-30H,4-8,12,15-24H2,1-3H3. The summed E-state index contributed by atoms with van der Waals surface area (Å²) in [6.07, 6.45) is 21.6. The molecule has 0 N–H and O–H groups in total. The molecule has 37 heavy (non-hydrogen) atoms. The molecule has 4 saturated carbocycles. The largest absolute Gasteiger partial charge is 0.459 e. The van der Waals surface area contributed by atoms with Crippen LogP contribution < -0.4 is 0 Å². The van der Waals surface area contributed by atoms with Gasteiger partial charge in [-0.05, 0) is 104 Å². The van der Waals surface area contributed by atoms with E-state index in [-0.39, 0.29) is 16.4 Å². The molecule has 3 heteroatoms. The molecule has 4 fully saturated rings. The first-order valence-corrected chi connectivity index (χ1v) is 16.5. The molecule has 0 radical (unpaired) electrons. The highest BCUT2D eigenvalue weighted by Crippen LogP contribution is 2.70. The van der Waals surface area contributed by atoms with E-state index in [0.717, 1.165) is 36.5 Å². The quantitative estimate of drug-likeness (QED) is 0.167. The number of carbonyl (C=O) groups excluding carboxylic acids is 1. The zero-order chi connectivity index (χ0) is 26.1. The van der Waals surface area contributed by atoms with E-state index < -0.39 is 0 Å². The Kier molecular flexibility index (Phi) is 8.50. The van der Waals surface area contributed by atoms with E-state index in [1.807, 2.05) is 30.3 Å². The summed E-state index contributed by atoms with van der Waals surface area (Å²) in [5, 5.41) is 0. The molecular weight excluding hydrogens is 520 g/mol. The van der Waals surface area contributed by atoms with Gasteiger partial charge in [-0.2, -0.15) is 0 Å². The fourth-order valence-electron chi connectivity index (χ4n) is 9.81. The van der Waals surface area contributed by atoms with Crippen molar-refractivity contribution in [1.82, 2.24) is 0 Å². The van der Waals surface area contributed by atoms with Crippen LogP contribution in [0.5, 0.6) is 0 Å². The van der Waals surface area contributed by atoms with E-state index in [4.69, 9.17) is 4.74 Å². The number of ether oxygens (including phenoxy) is 1. The summed E-state index contributed by atoms with van der Waals surface area (Å²) in [4.78, 5) is 12.8. The number of esters is 1. The molecule has 8 unspecified atom stereocenters. The Bertz CT molecular complexity index is 916. The number of fused-ring (bicyclic) bond motifs is 5. The zero-order valence-electron chi connectivity index (χ0n) is 23.8. The molecule has 0 aromatic heterocycles. The third-order valence-electron chi connectivity index (χ3n) is 12.1. The lowest BCUT2D eigenvalue weighted by Crippen LogP contribution is -2.60. The molecule has 2 nitrogen and oxygen atoms in total. The summed E-state index contributed by atoms with van der Waals surface area (Å²) < 4.78 is 6.17. The first kappa shape index (κ1) is 27.7. The maximum absolute atomic E-state index is 12.8. The number of rotatable bonds is 9. The number of halogens is 1. The van der Waals surface area contributed by atoms with Gasteiger partial charge in [0.2, 0.25) is 0 Å². The third kappa shape index (κ3) is 5.21. The highest BCUT2D eigenvalue weighted by Gasteiger charge is 2.64. The number of unbranched alkanes of at least 4 members (excludes halogenated alkanes) is 5. The van der Waals surface area contributed by atoms with Gasteiger partial charge >= 0.3 is 5.97 Å². The Hall–Kier alpha value is -0.830. The molecule has 0 spiro atoms. The summed E-state index contributed by atoms with van der Waals surface area (Å²) in [6.45, 7) is 7.60. The monoisotopic (exact) mass is 570 g/mol. The van der Waals surface area contributed by atoms with Crippen molar-refractivity contribution in [1.29, 1.82) is 0 Å². The minimum Gasteiger partial charge on any atom is -0.459 e. The number of alkyl halides is 1. The van der Waals surface area contributed by atoms with E-state index >= 15 is 0 Å². The second-order valence-electron chi connectivity index (χ2n) is 13.8. The molecule has 0 heterocycles. The van der Waals surface area contributed by atoms with E-state index in [0.29, 0.717) is 16.4 Å². The van der Waals surface area contributed by atoms with Crippen LogP contribution in [-0.4, -0.2) is 16.4 Å². The first-order valence-electron chi connectivity index (χ1n) is 15.8. The molecule has 0 bridgehead atoms. The van der Waals surface area contributed by atoms with Crippen molar-refractivity contribution >= 4 is 21.9 Å². The summed E-state index contributed by atoms with van der Waals surface area (Å²) in [7, 11) is 0. The minimum absolute atomic E-state index is 0.0266. The van der Waals surface area contributed by atoms with Gasteiger partial charge in [0.15, 0.2) is 0 Å². The van der Waals surface area contributed by atoms with Crippen LogP contribution in [0.25, 0.3) is 0 Å². The van der Waals surface area contributed by atoms with Gasteiger partial charge in [0.25, 0.3) is 0 Å². The molecule has 0 amide bonds. The van der Waals surface area contributed by atoms with Crippen LogP contribution in [0.1, 0.15) is 134 Å². The lowest BCUT2D eigenvalue weighted by atomic mass is 9.44. The molecule has 5 rings (SSSR count). The van der Waals surface area contributed by atoms with Gasteiger partial charge in [-0.3, -0.25) is 0 Å². The fraction of sp³-hybridized carbons (Fsp3) is 0.794. The zero-order valence-corrected chi connectivity index (χ0v) is 25.4. The van der Waals surface area contributed by atoms with Crippen molar-refractivity contribution in [3.05, 3.63) is 35.9 Å². The fourth-order valence-corrected chi connectivity index (χ4v) is 10.9. The molecule has 0 saturated heterocycles. The van der Waals surface area contributed by atoms with Crippen molar-refractivity contribution < 1.29 is 9.53 Å². The second kappa shape index (κ2) is 11.3. The Morgan fingerprint density at radius 2 is 1.65 bits per heavy atom. The lowest BCUT2D eigenvalue weighted by Gasteiger charge is -2.64. The number of benzene rings is 1. The van der Waals surface area contributed by atoms with E-state index in [2.05, 4.69) is 36.7 Å². The summed E-state index contributed by atoms with van der Waals surface area (Å²) in [5.41, 5.74) is 1.56. The van der Waals surface area contributed by atoms with Crippen molar-refractivity contribution in [2.24, 2.45) is 34.5 Å². The van der Waals surface area contributed by atoms with Crippen molar-refractivity contribution in [3.8, 4) is 0 Å². The molecular formula is C34H51BrO2. The smallest absolute Gasteiger partial charge is 0.338 e. The maximum Gasteiger partial charge on any atom is 0.338 e. The molecule has 1 aromatic carbocycles. The van der Waals surface area contributed by atoms with Gasteiger partial charge in [-0.1, -0.05) is 93.4 Å². The van der Waals surface area contributed by atoms with Gasteiger partial charge in [0, 0.05) is 10.7 Å². The van der Waals surface area contributed by atoms with Crippen LogP contribution in [0.15, 0.2) is 30.3 Å². The molecule has 4 aliphatic carbocycles.